The second kappa shape index (κ2) is 5.83. The van der Waals surface area contributed by atoms with E-state index >= 15 is 0 Å². The largest absolute Gasteiger partial charge is 0.472 e. The van der Waals surface area contributed by atoms with Gasteiger partial charge in [-0.2, -0.15) is 0 Å². The fraction of sp³-hybridized carbons (Fsp3) is 0.600. The van der Waals surface area contributed by atoms with Crippen molar-refractivity contribution in [1.29, 1.82) is 0 Å². The highest BCUT2D eigenvalue weighted by atomic mass is 32.1. The normalized spacial score (nSPS) is 19.0. The topological polar surface area (TPSA) is 110 Å². The number of anilines is 1. The lowest BCUT2D eigenvalue weighted by Gasteiger charge is -2.30. The Kier molecular flexibility index (Phi) is 4.15. The van der Waals surface area contributed by atoms with Crippen LogP contribution in [0.1, 0.15) is 12.8 Å². The third kappa shape index (κ3) is 3.31. The second-order valence-electron chi connectivity index (χ2n) is 4.19. The molecule has 104 valence electrons. The van der Waals surface area contributed by atoms with Crippen molar-refractivity contribution < 1.29 is 14.3 Å². The van der Waals surface area contributed by atoms with E-state index < -0.39 is 0 Å². The summed E-state index contributed by atoms with van der Waals surface area (Å²) >= 11 is 1.14. The number of hydrogen-bond acceptors (Lipinski definition) is 6. The number of likely N-dealkylation sites (tertiary alicyclic amines) is 1. The molecular formula is C10H15N5O3S. The zero-order valence-electron chi connectivity index (χ0n) is 10.5. The second-order valence-corrected chi connectivity index (χ2v) is 5.13. The van der Waals surface area contributed by atoms with E-state index in [1.165, 1.54) is 7.11 Å². The number of nitrogens with two attached hydrogens (primary N) is 1. The Bertz CT molecular complexity index is 477. The summed E-state index contributed by atoms with van der Waals surface area (Å²) in [4.78, 5) is 24.7. The summed E-state index contributed by atoms with van der Waals surface area (Å²) < 4.78 is 4.89. The molecule has 0 unspecified atom stereocenters. The number of hydrogen-bond donors (Lipinski definition) is 2. The van der Waals surface area contributed by atoms with Crippen LogP contribution in [0.3, 0.4) is 0 Å². The monoisotopic (exact) mass is 285 g/mol. The third-order valence-corrected chi connectivity index (χ3v) is 3.71. The van der Waals surface area contributed by atoms with Gasteiger partial charge >= 0.3 is 6.03 Å². The van der Waals surface area contributed by atoms with Crippen molar-refractivity contribution in [2.24, 2.45) is 11.7 Å². The molecule has 9 heteroatoms. The van der Waals surface area contributed by atoms with E-state index in [1.54, 1.807) is 4.90 Å². The number of nitrogens with one attached hydrogen (secondary N) is 1. The number of rotatable bonds is 3. The van der Waals surface area contributed by atoms with Crippen molar-refractivity contribution >= 4 is 28.4 Å². The van der Waals surface area contributed by atoms with E-state index in [2.05, 4.69) is 15.5 Å². The van der Waals surface area contributed by atoms with Gasteiger partial charge in [0.15, 0.2) is 0 Å². The van der Waals surface area contributed by atoms with Gasteiger partial charge in [0.25, 0.3) is 5.19 Å². The molecule has 1 atom stereocenters. The molecule has 0 spiro atoms. The predicted octanol–water partition coefficient (Wildman–Crippen LogP) is 0.276. The quantitative estimate of drug-likeness (QED) is 0.828. The van der Waals surface area contributed by atoms with Crippen molar-refractivity contribution in [3.63, 3.8) is 0 Å². The summed E-state index contributed by atoms with van der Waals surface area (Å²) in [5.41, 5.74) is 5.27. The molecule has 0 radical (unpaired) electrons. The van der Waals surface area contributed by atoms with Crippen LogP contribution in [0, 0.1) is 5.92 Å². The van der Waals surface area contributed by atoms with Crippen molar-refractivity contribution in [3.05, 3.63) is 0 Å². The Morgan fingerprint density at radius 3 is 2.95 bits per heavy atom. The number of carbonyl (C=O) groups is 2. The van der Waals surface area contributed by atoms with E-state index in [-0.39, 0.29) is 17.9 Å². The molecule has 2 rings (SSSR count). The van der Waals surface area contributed by atoms with Crippen LogP contribution < -0.4 is 15.8 Å². The van der Waals surface area contributed by atoms with E-state index in [4.69, 9.17) is 10.5 Å². The number of aromatic nitrogens is 2. The van der Waals surface area contributed by atoms with Crippen molar-refractivity contribution in [1.82, 2.24) is 15.1 Å². The molecule has 1 aromatic heterocycles. The van der Waals surface area contributed by atoms with Crippen LogP contribution >= 0.6 is 11.3 Å². The molecule has 0 bridgehead atoms. The summed E-state index contributed by atoms with van der Waals surface area (Å²) in [7, 11) is 1.48. The molecule has 3 amide bonds. The predicted molar refractivity (Wildman–Crippen MR) is 69.0 cm³/mol. The Labute approximate surface area is 113 Å². The summed E-state index contributed by atoms with van der Waals surface area (Å²) in [6.07, 6.45) is 1.49. The van der Waals surface area contributed by atoms with Crippen LogP contribution in [-0.2, 0) is 4.79 Å². The van der Waals surface area contributed by atoms with Crippen LogP contribution in [0.5, 0.6) is 5.19 Å². The van der Waals surface area contributed by atoms with Gasteiger partial charge in [0.2, 0.25) is 11.0 Å². The van der Waals surface area contributed by atoms with Gasteiger partial charge in [-0.15, -0.1) is 5.10 Å². The summed E-state index contributed by atoms with van der Waals surface area (Å²) in [6.45, 7) is 0.947. The van der Waals surface area contributed by atoms with Gasteiger partial charge in [-0.05, 0) is 24.2 Å². The van der Waals surface area contributed by atoms with Crippen LogP contribution in [0.15, 0.2) is 0 Å². The van der Waals surface area contributed by atoms with Crippen LogP contribution in [0.2, 0.25) is 0 Å². The number of primary amides is 1. The Morgan fingerprint density at radius 2 is 2.32 bits per heavy atom. The molecule has 1 aromatic rings. The number of ether oxygens (including phenoxy) is 1. The molecule has 1 saturated heterocycles. The van der Waals surface area contributed by atoms with Crippen LogP contribution in [0.4, 0.5) is 9.93 Å². The summed E-state index contributed by atoms with van der Waals surface area (Å²) in [5.74, 6) is -0.640. The van der Waals surface area contributed by atoms with Crippen molar-refractivity contribution in [3.8, 4) is 5.19 Å². The van der Waals surface area contributed by atoms with Gasteiger partial charge in [-0.3, -0.25) is 10.1 Å². The highest BCUT2D eigenvalue weighted by Crippen LogP contribution is 2.23. The fourth-order valence-corrected chi connectivity index (χ4v) is 2.46. The molecule has 2 heterocycles. The van der Waals surface area contributed by atoms with E-state index in [0.29, 0.717) is 23.4 Å². The molecule has 1 aliphatic heterocycles. The lowest BCUT2D eigenvalue weighted by Crippen LogP contribution is -2.45. The number of nitrogens with zero attached hydrogens (tertiary/aromatic N) is 3. The third-order valence-electron chi connectivity index (χ3n) is 2.91. The standard InChI is InChI=1S/C10H15N5O3S/c1-18-10-14-13-8(19-10)12-9(17)15-4-2-3-6(5-15)7(11)16/h6H,2-5H2,1H3,(H2,11,16)(H,12,13,17)/t6-/m0/s1. The minimum Gasteiger partial charge on any atom is -0.472 e. The first-order valence-electron chi connectivity index (χ1n) is 5.83. The zero-order valence-corrected chi connectivity index (χ0v) is 11.3. The molecule has 1 fully saturated rings. The number of carbonyl (C=O) groups excluding carboxylic acids is 2. The molecule has 0 aliphatic carbocycles. The minimum absolute atomic E-state index is 0.275. The number of piperidine rings is 1. The minimum atomic E-state index is -0.366. The first-order chi connectivity index (χ1) is 9.10. The number of urea groups is 1. The highest BCUT2D eigenvalue weighted by Gasteiger charge is 2.27. The van der Waals surface area contributed by atoms with Gasteiger partial charge in [-0.1, -0.05) is 5.10 Å². The Hall–Kier alpha value is -1.90. The molecule has 0 aromatic carbocycles. The smallest absolute Gasteiger partial charge is 0.323 e. The number of methoxy groups -OCH3 is 1. The Morgan fingerprint density at radius 1 is 1.53 bits per heavy atom. The average Bonchev–Trinajstić information content (AvgIpc) is 2.86. The first-order valence-corrected chi connectivity index (χ1v) is 6.64. The van der Waals surface area contributed by atoms with Gasteiger partial charge in [-0.25, -0.2) is 4.79 Å². The van der Waals surface area contributed by atoms with E-state index in [0.717, 1.165) is 24.2 Å². The summed E-state index contributed by atoms with van der Waals surface area (Å²) in [5, 5.41) is 10.9. The maximum absolute atomic E-state index is 12.0. The van der Waals surface area contributed by atoms with Crippen molar-refractivity contribution in [2.75, 3.05) is 25.5 Å². The van der Waals surface area contributed by atoms with Crippen molar-refractivity contribution in [2.45, 2.75) is 12.8 Å². The Balaban J connectivity index is 1.93. The molecule has 1 aliphatic rings. The average molecular weight is 285 g/mol. The van der Waals surface area contributed by atoms with E-state index in [9.17, 15) is 9.59 Å². The van der Waals surface area contributed by atoms with Gasteiger partial charge < -0.3 is 15.4 Å². The fourth-order valence-electron chi connectivity index (χ4n) is 1.91. The van der Waals surface area contributed by atoms with Crippen LogP contribution in [0.25, 0.3) is 0 Å². The SMILES string of the molecule is COc1nnc(NC(=O)N2CCC[C@H](C(N)=O)C2)s1. The molecule has 8 nitrogen and oxygen atoms in total. The lowest BCUT2D eigenvalue weighted by molar-refractivity contribution is -0.123. The molecular weight excluding hydrogens is 270 g/mol. The molecule has 19 heavy (non-hydrogen) atoms. The zero-order chi connectivity index (χ0) is 13.8. The maximum Gasteiger partial charge on any atom is 0.323 e. The highest BCUT2D eigenvalue weighted by molar-refractivity contribution is 7.17. The summed E-state index contributed by atoms with van der Waals surface area (Å²) in [6, 6.07) is -0.301. The first kappa shape index (κ1) is 13.5. The van der Waals surface area contributed by atoms with Gasteiger partial charge in [0.1, 0.15) is 0 Å². The van der Waals surface area contributed by atoms with Gasteiger partial charge in [0, 0.05) is 13.1 Å². The molecule has 0 saturated carbocycles. The van der Waals surface area contributed by atoms with Gasteiger partial charge in [0.05, 0.1) is 13.0 Å². The lowest BCUT2D eigenvalue weighted by atomic mass is 9.98. The molecule has 3 N–H and O–H groups in total. The number of amides is 3. The van der Waals surface area contributed by atoms with E-state index in [1.807, 2.05) is 0 Å². The maximum atomic E-state index is 12.0. The van der Waals surface area contributed by atoms with Crippen LogP contribution in [-0.4, -0.2) is 47.2 Å².